The number of nitrogens with one attached hydrogen (secondary N) is 1. The van der Waals surface area contributed by atoms with Gasteiger partial charge in [0.25, 0.3) is 0 Å². The summed E-state index contributed by atoms with van der Waals surface area (Å²) in [6.45, 7) is 0. The number of carbonyl (C=O) groups excluding carboxylic acids is 1. The van der Waals surface area contributed by atoms with Crippen molar-refractivity contribution in [2.24, 2.45) is 5.92 Å². The van der Waals surface area contributed by atoms with Crippen LogP contribution in [-0.4, -0.2) is 5.91 Å². The first-order chi connectivity index (χ1) is 7.15. The van der Waals surface area contributed by atoms with Crippen LogP contribution in [0.25, 0.3) is 0 Å². The van der Waals surface area contributed by atoms with Gasteiger partial charge in [0.15, 0.2) is 0 Å². The van der Waals surface area contributed by atoms with Crippen molar-refractivity contribution in [2.45, 2.75) is 19.3 Å². The fourth-order valence-electron chi connectivity index (χ4n) is 1.54. The van der Waals surface area contributed by atoms with E-state index in [1.54, 1.807) is 0 Å². The topological polar surface area (TPSA) is 29.1 Å². The van der Waals surface area contributed by atoms with E-state index in [1.165, 1.54) is 0 Å². The van der Waals surface area contributed by atoms with Gasteiger partial charge in [-0.3, -0.25) is 4.79 Å². The predicted octanol–water partition coefficient (Wildman–Crippen LogP) is 2.70. The first kappa shape index (κ1) is 10.1. The predicted molar refractivity (Wildman–Crippen MR) is 52.3 cm³/mol. The van der Waals surface area contributed by atoms with Crippen molar-refractivity contribution in [3.8, 4) is 0 Å². The summed E-state index contributed by atoms with van der Waals surface area (Å²) in [5.74, 6) is -1.50. The molecule has 0 spiro atoms. The molecular formula is C11H11F2NO. The molecule has 2 rings (SSSR count). The average Bonchev–Trinajstić information content (AvgIpc) is 1.96. The normalized spacial score (nSPS) is 15.9. The molecule has 0 unspecified atom stereocenters. The quantitative estimate of drug-likeness (QED) is 0.800. The van der Waals surface area contributed by atoms with Gasteiger partial charge in [0.05, 0.1) is 0 Å². The van der Waals surface area contributed by atoms with Crippen LogP contribution in [-0.2, 0) is 4.79 Å². The third-order valence-electron chi connectivity index (χ3n) is 2.61. The van der Waals surface area contributed by atoms with E-state index < -0.39 is 11.6 Å². The highest BCUT2D eigenvalue weighted by Gasteiger charge is 2.25. The monoisotopic (exact) mass is 211 g/mol. The molecule has 1 aromatic carbocycles. The van der Waals surface area contributed by atoms with Crippen molar-refractivity contribution >= 4 is 11.6 Å². The summed E-state index contributed by atoms with van der Waals surface area (Å²) in [6, 6.07) is 3.00. The molecule has 1 N–H and O–H groups in total. The minimum atomic E-state index is -0.682. The number of rotatable bonds is 2. The first-order valence-corrected chi connectivity index (χ1v) is 4.92. The van der Waals surface area contributed by atoms with E-state index in [1.807, 2.05) is 0 Å². The Kier molecular flexibility index (Phi) is 2.66. The molecule has 80 valence electrons. The zero-order valence-corrected chi connectivity index (χ0v) is 8.09. The maximum Gasteiger partial charge on any atom is 0.227 e. The summed E-state index contributed by atoms with van der Waals surface area (Å²) in [6.07, 6.45) is 2.78. The lowest BCUT2D eigenvalue weighted by atomic mass is 9.85. The Morgan fingerprint density at radius 3 is 2.27 bits per heavy atom. The minimum absolute atomic E-state index is 0.0105. The van der Waals surface area contributed by atoms with Gasteiger partial charge in [0, 0.05) is 17.7 Å². The van der Waals surface area contributed by atoms with Crippen molar-refractivity contribution in [1.82, 2.24) is 0 Å². The van der Waals surface area contributed by atoms with E-state index >= 15 is 0 Å². The molecule has 0 saturated heterocycles. The number of benzene rings is 1. The molecule has 15 heavy (non-hydrogen) atoms. The van der Waals surface area contributed by atoms with Gasteiger partial charge < -0.3 is 5.32 Å². The van der Waals surface area contributed by atoms with E-state index in [-0.39, 0.29) is 17.5 Å². The van der Waals surface area contributed by atoms with Crippen molar-refractivity contribution < 1.29 is 13.6 Å². The Balaban J connectivity index is 2.06. The summed E-state index contributed by atoms with van der Waals surface area (Å²) < 4.78 is 25.6. The molecule has 0 heterocycles. The summed E-state index contributed by atoms with van der Waals surface area (Å²) in [5, 5.41) is 2.51. The molecule has 0 radical (unpaired) electrons. The Hall–Kier alpha value is -1.45. The van der Waals surface area contributed by atoms with Gasteiger partial charge in [-0.25, -0.2) is 8.78 Å². The van der Waals surface area contributed by atoms with E-state index in [9.17, 15) is 13.6 Å². The lowest BCUT2D eigenvalue weighted by Gasteiger charge is -2.24. The molecule has 1 aliphatic rings. The first-order valence-electron chi connectivity index (χ1n) is 4.92. The summed E-state index contributed by atoms with van der Waals surface area (Å²) in [5.41, 5.74) is 0.185. The van der Waals surface area contributed by atoms with Gasteiger partial charge in [-0.1, -0.05) is 6.42 Å². The maximum atomic E-state index is 12.8. The van der Waals surface area contributed by atoms with Crippen molar-refractivity contribution in [3.05, 3.63) is 29.8 Å². The second-order valence-electron chi connectivity index (χ2n) is 3.78. The second-order valence-corrected chi connectivity index (χ2v) is 3.78. The number of anilines is 1. The SMILES string of the molecule is O=C(Nc1cc(F)cc(F)c1)C1CCC1. The standard InChI is InChI=1S/C11H11F2NO/c12-8-4-9(13)6-10(5-8)14-11(15)7-2-1-3-7/h4-7H,1-3H2,(H,14,15). The van der Waals surface area contributed by atoms with E-state index in [0.29, 0.717) is 0 Å². The van der Waals surface area contributed by atoms with Gasteiger partial charge in [-0.2, -0.15) is 0 Å². The summed E-state index contributed by atoms with van der Waals surface area (Å²) >= 11 is 0. The van der Waals surface area contributed by atoms with Crippen molar-refractivity contribution in [1.29, 1.82) is 0 Å². The van der Waals surface area contributed by atoms with Crippen LogP contribution in [0.4, 0.5) is 14.5 Å². The van der Waals surface area contributed by atoms with Gasteiger partial charge >= 0.3 is 0 Å². The molecule has 0 aromatic heterocycles. The Morgan fingerprint density at radius 1 is 1.20 bits per heavy atom. The molecule has 1 aromatic rings. The van der Waals surface area contributed by atoms with Crippen molar-refractivity contribution in [2.75, 3.05) is 5.32 Å². The molecule has 0 atom stereocenters. The average molecular weight is 211 g/mol. The van der Waals surface area contributed by atoms with Crippen LogP contribution < -0.4 is 5.32 Å². The van der Waals surface area contributed by atoms with E-state index in [0.717, 1.165) is 37.5 Å². The molecule has 1 amide bonds. The van der Waals surface area contributed by atoms with Gasteiger partial charge in [0.1, 0.15) is 11.6 Å². The lowest BCUT2D eigenvalue weighted by molar-refractivity contribution is -0.122. The third kappa shape index (κ3) is 2.32. The van der Waals surface area contributed by atoms with E-state index in [4.69, 9.17) is 0 Å². The smallest absolute Gasteiger partial charge is 0.227 e. The van der Waals surface area contributed by atoms with Gasteiger partial charge in [-0.05, 0) is 25.0 Å². The molecule has 1 fully saturated rings. The Bertz CT molecular complexity index is 368. The Labute approximate surface area is 86.3 Å². The minimum Gasteiger partial charge on any atom is -0.326 e. The highest BCUT2D eigenvalue weighted by atomic mass is 19.1. The van der Waals surface area contributed by atoms with Crippen LogP contribution in [0, 0.1) is 17.6 Å². The molecule has 1 saturated carbocycles. The number of carbonyl (C=O) groups is 1. The van der Waals surface area contributed by atoms with Crippen LogP contribution in [0.1, 0.15) is 19.3 Å². The second kappa shape index (κ2) is 3.96. The van der Waals surface area contributed by atoms with Gasteiger partial charge in [0.2, 0.25) is 5.91 Å². The number of halogens is 2. The van der Waals surface area contributed by atoms with Crippen LogP contribution in [0.15, 0.2) is 18.2 Å². The number of hydrogen-bond donors (Lipinski definition) is 1. The Morgan fingerprint density at radius 2 is 1.80 bits per heavy atom. The molecule has 4 heteroatoms. The number of amides is 1. The largest absolute Gasteiger partial charge is 0.326 e. The molecule has 2 nitrogen and oxygen atoms in total. The molecule has 1 aliphatic carbocycles. The van der Waals surface area contributed by atoms with Crippen LogP contribution >= 0.6 is 0 Å². The molecule has 0 bridgehead atoms. The zero-order valence-electron chi connectivity index (χ0n) is 8.09. The zero-order chi connectivity index (χ0) is 10.8. The van der Waals surface area contributed by atoms with Crippen LogP contribution in [0.2, 0.25) is 0 Å². The third-order valence-corrected chi connectivity index (χ3v) is 2.61. The van der Waals surface area contributed by atoms with E-state index in [2.05, 4.69) is 5.32 Å². The fraction of sp³-hybridized carbons (Fsp3) is 0.364. The van der Waals surface area contributed by atoms with Crippen LogP contribution in [0.3, 0.4) is 0 Å². The fourth-order valence-corrected chi connectivity index (χ4v) is 1.54. The highest BCUT2D eigenvalue weighted by molar-refractivity contribution is 5.92. The number of hydrogen-bond acceptors (Lipinski definition) is 1. The van der Waals surface area contributed by atoms with Crippen LogP contribution in [0.5, 0.6) is 0 Å². The summed E-state index contributed by atoms with van der Waals surface area (Å²) in [4.78, 5) is 11.5. The van der Waals surface area contributed by atoms with Gasteiger partial charge in [-0.15, -0.1) is 0 Å². The molecule has 0 aliphatic heterocycles. The maximum absolute atomic E-state index is 12.8. The summed E-state index contributed by atoms with van der Waals surface area (Å²) in [7, 11) is 0. The molecular weight excluding hydrogens is 200 g/mol. The van der Waals surface area contributed by atoms with Crippen molar-refractivity contribution in [3.63, 3.8) is 0 Å². The lowest BCUT2D eigenvalue weighted by Crippen LogP contribution is -2.28. The highest BCUT2D eigenvalue weighted by Crippen LogP contribution is 2.27.